The van der Waals surface area contributed by atoms with Crippen molar-refractivity contribution in [2.45, 2.75) is 38.8 Å². The number of hydrogen-bond donors (Lipinski definition) is 1. The van der Waals surface area contributed by atoms with E-state index in [9.17, 15) is 14.0 Å². The van der Waals surface area contributed by atoms with E-state index < -0.39 is 11.6 Å². The van der Waals surface area contributed by atoms with Crippen LogP contribution in [0, 0.1) is 5.82 Å². The Morgan fingerprint density at radius 1 is 1.19 bits per heavy atom. The summed E-state index contributed by atoms with van der Waals surface area (Å²) < 4.78 is 20.2. The van der Waals surface area contributed by atoms with Crippen LogP contribution in [0.5, 0.6) is 0 Å². The van der Waals surface area contributed by atoms with Crippen molar-refractivity contribution < 1.29 is 18.7 Å². The Morgan fingerprint density at radius 2 is 1.94 bits per heavy atom. The van der Waals surface area contributed by atoms with Gasteiger partial charge in [0, 0.05) is 43.7 Å². The molecule has 1 fully saturated rings. The summed E-state index contributed by atoms with van der Waals surface area (Å²) in [5.74, 6) is -0.724. The molecule has 3 amide bonds. The lowest BCUT2D eigenvalue weighted by Crippen LogP contribution is -2.53. The highest BCUT2D eigenvalue weighted by Gasteiger charge is 2.36. The van der Waals surface area contributed by atoms with Crippen LogP contribution >= 0.6 is 11.3 Å². The molecule has 2 aromatic rings. The van der Waals surface area contributed by atoms with Gasteiger partial charge in [0.05, 0.1) is 29.8 Å². The van der Waals surface area contributed by atoms with E-state index in [1.807, 2.05) is 38.3 Å². The third-order valence-corrected chi connectivity index (χ3v) is 7.04. The van der Waals surface area contributed by atoms with Crippen LogP contribution in [0.3, 0.4) is 0 Å². The van der Waals surface area contributed by atoms with Gasteiger partial charge in [-0.1, -0.05) is 24.3 Å². The summed E-state index contributed by atoms with van der Waals surface area (Å²) in [5, 5.41) is 10.9. The first-order valence-electron chi connectivity index (χ1n) is 12.3. The molecule has 0 radical (unpaired) electrons. The van der Waals surface area contributed by atoms with E-state index in [-0.39, 0.29) is 24.3 Å². The van der Waals surface area contributed by atoms with Gasteiger partial charge in [-0.2, -0.15) is 5.10 Å². The fraction of sp³-hybridized carbons (Fsp3) is 0.500. The van der Waals surface area contributed by atoms with Crippen LogP contribution in [0.25, 0.3) is 0 Å². The average Bonchev–Trinajstić information content (AvgIpc) is 3.52. The number of morpholine rings is 1. The number of hydrazone groups is 1. The normalized spacial score (nSPS) is 18.7. The maximum atomic E-state index is 14.8. The number of carbonyl (C=O) groups excluding carboxylic acids is 2. The summed E-state index contributed by atoms with van der Waals surface area (Å²) in [5.41, 5.74) is 0.705. The van der Waals surface area contributed by atoms with Gasteiger partial charge in [0.25, 0.3) is 5.91 Å². The molecule has 1 aromatic carbocycles. The summed E-state index contributed by atoms with van der Waals surface area (Å²) in [7, 11) is 0. The summed E-state index contributed by atoms with van der Waals surface area (Å²) >= 11 is 1.53. The smallest absolute Gasteiger partial charge is 0.318 e. The SMILES string of the molecule is CC(C)(C)NC(=O)N(CCN1CCOCC1)CC(=O)N1N=C(c2cccs2)C[C@@H]1c1ccccc1F. The fourth-order valence-electron chi connectivity index (χ4n) is 4.29. The maximum Gasteiger partial charge on any atom is 0.318 e. The Bertz CT molecular complexity index is 1080. The number of amides is 3. The highest BCUT2D eigenvalue weighted by molar-refractivity contribution is 7.12. The fourth-order valence-corrected chi connectivity index (χ4v) is 5.02. The third-order valence-electron chi connectivity index (χ3n) is 6.12. The van der Waals surface area contributed by atoms with Crippen LogP contribution in [0.15, 0.2) is 46.9 Å². The lowest BCUT2D eigenvalue weighted by molar-refractivity contribution is -0.133. The molecular formula is C26H34FN5O3S. The second-order valence-corrected chi connectivity index (χ2v) is 11.0. The monoisotopic (exact) mass is 515 g/mol. The molecule has 1 atom stereocenters. The molecular weight excluding hydrogens is 481 g/mol. The van der Waals surface area contributed by atoms with Gasteiger partial charge in [-0.05, 0) is 38.3 Å². The molecule has 3 heterocycles. The molecule has 0 spiro atoms. The van der Waals surface area contributed by atoms with Gasteiger partial charge < -0.3 is 15.0 Å². The Hall–Kier alpha value is -2.82. The topological polar surface area (TPSA) is 77.5 Å². The van der Waals surface area contributed by atoms with Crippen molar-refractivity contribution in [3.63, 3.8) is 0 Å². The minimum atomic E-state index is -0.567. The number of nitrogens with one attached hydrogen (secondary N) is 1. The minimum absolute atomic E-state index is 0.154. The number of rotatable bonds is 7. The average molecular weight is 516 g/mol. The molecule has 2 aliphatic rings. The van der Waals surface area contributed by atoms with Gasteiger partial charge in [-0.25, -0.2) is 14.2 Å². The van der Waals surface area contributed by atoms with Crippen LogP contribution in [-0.2, 0) is 9.53 Å². The standard InChI is InChI=1S/C26H34FN5O3S/c1-26(2,3)28-25(34)31(11-10-30-12-14-35-15-13-30)18-24(33)32-22(19-7-4-5-8-20(19)27)17-21(29-32)23-9-6-16-36-23/h4-9,16,22H,10-15,17-18H2,1-3H3,(H,28,34)/t22-/m1/s1. The van der Waals surface area contributed by atoms with E-state index in [4.69, 9.17) is 4.74 Å². The molecule has 8 nitrogen and oxygen atoms in total. The number of hydrogen-bond acceptors (Lipinski definition) is 6. The second kappa shape index (κ2) is 11.5. The highest BCUT2D eigenvalue weighted by atomic mass is 32.1. The summed E-state index contributed by atoms with van der Waals surface area (Å²) in [6, 6.07) is 9.47. The number of urea groups is 1. The van der Waals surface area contributed by atoms with E-state index >= 15 is 0 Å². The first-order chi connectivity index (χ1) is 17.2. The van der Waals surface area contributed by atoms with Crippen LogP contribution in [0.2, 0.25) is 0 Å². The molecule has 0 saturated carbocycles. The summed E-state index contributed by atoms with van der Waals surface area (Å²) in [6.07, 6.45) is 0.412. The zero-order valence-electron chi connectivity index (χ0n) is 21.1. The highest BCUT2D eigenvalue weighted by Crippen LogP contribution is 2.35. The van der Waals surface area contributed by atoms with Crippen molar-refractivity contribution in [2.75, 3.05) is 45.9 Å². The van der Waals surface area contributed by atoms with Gasteiger partial charge in [-0.15, -0.1) is 11.3 Å². The molecule has 10 heteroatoms. The lowest BCUT2D eigenvalue weighted by Gasteiger charge is -2.32. The predicted octanol–water partition coefficient (Wildman–Crippen LogP) is 3.71. The zero-order chi connectivity index (χ0) is 25.7. The molecule has 1 N–H and O–H groups in total. The van der Waals surface area contributed by atoms with Crippen molar-refractivity contribution in [3.8, 4) is 0 Å². The van der Waals surface area contributed by atoms with Gasteiger partial charge in [0.2, 0.25) is 0 Å². The molecule has 36 heavy (non-hydrogen) atoms. The largest absolute Gasteiger partial charge is 0.379 e. The molecule has 4 rings (SSSR count). The number of thiophene rings is 1. The number of nitrogens with zero attached hydrogens (tertiary/aromatic N) is 4. The molecule has 0 unspecified atom stereocenters. The van der Waals surface area contributed by atoms with E-state index in [1.54, 1.807) is 18.2 Å². The first-order valence-corrected chi connectivity index (χ1v) is 13.1. The Labute approximate surface area is 215 Å². The Kier molecular flexibility index (Phi) is 8.38. The molecule has 0 aliphatic carbocycles. The van der Waals surface area contributed by atoms with Crippen molar-refractivity contribution in [3.05, 3.63) is 58.0 Å². The van der Waals surface area contributed by atoms with E-state index in [1.165, 1.54) is 27.3 Å². The number of ether oxygens (including phenoxy) is 1. The molecule has 1 aromatic heterocycles. The molecule has 194 valence electrons. The lowest BCUT2D eigenvalue weighted by atomic mass is 10.0. The summed E-state index contributed by atoms with van der Waals surface area (Å²) in [6.45, 7) is 9.46. The van der Waals surface area contributed by atoms with Crippen LogP contribution in [0.4, 0.5) is 9.18 Å². The van der Waals surface area contributed by atoms with Gasteiger partial charge in [0.15, 0.2) is 0 Å². The van der Waals surface area contributed by atoms with Crippen molar-refractivity contribution in [2.24, 2.45) is 5.10 Å². The number of carbonyl (C=O) groups is 2. The number of benzene rings is 1. The Morgan fingerprint density at radius 3 is 2.61 bits per heavy atom. The van der Waals surface area contributed by atoms with Crippen LogP contribution < -0.4 is 5.32 Å². The van der Waals surface area contributed by atoms with Crippen LogP contribution in [-0.4, -0.2) is 83.9 Å². The zero-order valence-corrected chi connectivity index (χ0v) is 21.9. The maximum absolute atomic E-state index is 14.8. The molecule has 1 saturated heterocycles. The quantitative estimate of drug-likeness (QED) is 0.610. The van der Waals surface area contributed by atoms with E-state index in [2.05, 4.69) is 15.3 Å². The van der Waals surface area contributed by atoms with Crippen molar-refractivity contribution >= 4 is 29.0 Å². The van der Waals surface area contributed by atoms with Crippen LogP contribution in [0.1, 0.15) is 43.7 Å². The second-order valence-electron chi connectivity index (χ2n) is 10.1. The van der Waals surface area contributed by atoms with Gasteiger partial charge in [-0.3, -0.25) is 9.69 Å². The molecule has 2 aliphatic heterocycles. The molecule has 0 bridgehead atoms. The van der Waals surface area contributed by atoms with Gasteiger partial charge in [0.1, 0.15) is 12.4 Å². The van der Waals surface area contributed by atoms with Crippen molar-refractivity contribution in [1.82, 2.24) is 20.1 Å². The van der Waals surface area contributed by atoms with Crippen molar-refractivity contribution in [1.29, 1.82) is 0 Å². The first kappa shape index (κ1) is 26.2. The summed E-state index contributed by atoms with van der Waals surface area (Å²) in [4.78, 5) is 31.5. The third kappa shape index (κ3) is 6.68. The minimum Gasteiger partial charge on any atom is -0.379 e. The Balaban J connectivity index is 1.55. The number of halogens is 1. The van der Waals surface area contributed by atoms with Gasteiger partial charge >= 0.3 is 6.03 Å². The predicted molar refractivity (Wildman–Crippen MR) is 139 cm³/mol. The van der Waals surface area contributed by atoms with E-state index in [0.29, 0.717) is 38.3 Å². The van der Waals surface area contributed by atoms with E-state index in [0.717, 1.165) is 23.7 Å².